The van der Waals surface area contributed by atoms with Crippen molar-refractivity contribution in [1.82, 2.24) is 63.5 Å². The van der Waals surface area contributed by atoms with Crippen molar-refractivity contribution in [2.24, 2.45) is 11.5 Å². The number of primary amides is 1. The highest BCUT2D eigenvalue weighted by Gasteiger charge is 2.38. The monoisotopic (exact) mass is 1420 g/mol. The number of nitrogens with one attached hydrogen (secondary N) is 12. The van der Waals surface area contributed by atoms with Gasteiger partial charge in [0.1, 0.15) is 54.1 Å². The van der Waals surface area contributed by atoms with Gasteiger partial charge in [-0.05, 0) is 92.6 Å². The van der Waals surface area contributed by atoms with Crippen LogP contribution in [0.3, 0.4) is 0 Å². The number of aliphatic hydroxyl groups is 1. The number of carbonyl (C=O) groups excluding carboxylic acids is 13. The molecule has 1 aliphatic heterocycles. The Kier molecular flexibility index (Phi) is 33.4. The van der Waals surface area contributed by atoms with E-state index in [1.165, 1.54) is 73.4 Å². The number of benzene rings is 3. The molecule has 20 N–H and O–H groups in total. The Morgan fingerprint density at radius 3 is 1.80 bits per heavy atom. The summed E-state index contributed by atoms with van der Waals surface area (Å²) in [5.41, 5.74) is 13.2. The third kappa shape index (κ3) is 28.9. The molecular weight excluding hydrogens is 1340 g/mol. The van der Waals surface area contributed by atoms with Crippen LogP contribution in [0.15, 0.2) is 85.1 Å². The van der Waals surface area contributed by atoms with Crippen molar-refractivity contribution < 1.29 is 99.6 Å². The highest BCUT2D eigenvalue weighted by molar-refractivity contribution is 7.98. The van der Waals surface area contributed by atoms with Gasteiger partial charge in [0.2, 0.25) is 70.9 Å². The molecule has 12 amide bonds. The molecular formula is C62H84N14O21S2. The van der Waals surface area contributed by atoms with Crippen molar-refractivity contribution in [2.45, 2.75) is 145 Å². The second-order valence-corrected chi connectivity index (χ2v) is 24.5. The fraction of sp³-hybridized carbons (Fsp3) is 0.452. The third-order valence-electron chi connectivity index (χ3n) is 14.7. The number of rotatable bonds is 38. The average molecular weight is 1430 g/mol. The van der Waals surface area contributed by atoms with Gasteiger partial charge in [0.05, 0.1) is 31.5 Å². The molecule has 2 heterocycles. The number of phenols is 1. The number of aliphatic carboxylic acids is 1. The molecule has 5 rings (SSSR count). The summed E-state index contributed by atoms with van der Waals surface area (Å²) in [4.78, 5) is 190. The standard InChI is InChI=1S/C58H73N13O21S2.C4H11N/c1-29(72)49(70-50(80)35(59)22-31-12-14-33(73)15-13-31)58(88)62-28-46(76)64-41(24-32-27-61-36-11-7-6-10-34(32)36)54(84)66-39(20-21-93-2)53(83)69-43(26-48(79)92-94(89,90)91)55(85)67-40(23-30-8-4-3-5-9-30)56(86)71-57(87)42(25-47(77)78)68-52(82)38(16-18-44(60)74)65-51(81)37-17-19-45(75)63-37;1-3-5-4-2/h3-15,27,29,35,37-43,49,61,72-73H,16-26,28,59H2,1-2H3,(H2,60,74)(H,62,88)(H,63,75)(H,64,76)(H,65,81)(H,66,84)(H,67,85)(H,68,82)(H,69,83)(H,70,80)(H,77,78)(H,71,86,87)(H,89,90,91);5H,3-4H2,1-2H3/t29-,35+,37+,38+,39+,40+,41+,42+,43+,49+;/m1./s1. The van der Waals surface area contributed by atoms with Crippen LogP contribution in [0.25, 0.3) is 10.9 Å². The normalized spacial score (nSPS) is 15.3. The zero-order valence-electron chi connectivity index (χ0n) is 54.5. The molecule has 1 fully saturated rings. The van der Waals surface area contributed by atoms with Crippen LogP contribution in [0.5, 0.6) is 5.75 Å². The zero-order valence-corrected chi connectivity index (χ0v) is 56.1. The quantitative estimate of drug-likeness (QED) is 0.0190. The summed E-state index contributed by atoms with van der Waals surface area (Å²) >= 11 is 1.17. The van der Waals surface area contributed by atoms with Gasteiger partial charge in [0.25, 0.3) is 0 Å². The molecule has 99 heavy (non-hydrogen) atoms. The van der Waals surface area contributed by atoms with Crippen LogP contribution in [0.4, 0.5) is 0 Å². The lowest BCUT2D eigenvalue weighted by Gasteiger charge is -2.27. The largest absolute Gasteiger partial charge is 0.508 e. The molecule has 1 aliphatic rings. The fourth-order valence-electron chi connectivity index (χ4n) is 9.64. The maximum atomic E-state index is 14.5. The number of hydrogen-bond donors (Lipinski definition) is 18. The summed E-state index contributed by atoms with van der Waals surface area (Å²) in [5, 5.41) is 56.4. The first-order chi connectivity index (χ1) is 46.8. The maximum absolute atomic E-state index is 14.5. The number of aliphatic hydroxyl groups excluding tert-OH is 1. The number of nitrogens with two attached hydrogens (primary N) is 2. The molecule has 4 aromatic rings. The first-order valence-electron chi connectivity index (χ1n) is 31.0. The second kappa shape index (κ2) is 40.6. The number of aromatic nitrogens is 1. The van der Waals surface area contributed by atoms with E-state index in [0.29, 0.717) is 22.0 Å². The molecule has 0 radical (unpaired) electrons. The number of carboxylic acid groups (broad SMARTS) is 1. The summed E-state index contributed by atoms with van der Waals surface area (Å²) in [7, 11) is -5.58. The van der Waals surface area contributed by atoms with Gasteiger partial charge >= 0.3 is 22.3 Å². The molecule has 37 heteroatoms. The number of thioether (sulfide) groups is 1. The molecule has 10 atom stereocenters. The van der Waals surface area contributed by atoms with Gasteiger partial charge < -0.3 is 89.1 Å². The topological polar surface area (TPSA) is 563 Å². The van der Waals surface area contributed by atoms with Gasteiger partial charge in [0.15, 0.2) is 0 Å². The number of H-pyrrole nitrogens is 1. The highest BCUT2D eigenvalue weighted by atomic mass is 32.3. The maximum Gasteiger partial charge on any atom is 0.448 e. The van der Waals surface area contributed by atoms with Crippen LogP contribution in [0, 0.1) is 0 Å². The number of carboxylic acids is 1. The van der Waals surface area contributed by atoms with Crippen molar-refractivity contribution in [3.8, 4) is 5.75 Å². The lowest BCUT2D eigenvalue weighted by atomic mass is 10.0. The van der Waals surface area contributed by atoms with Gasteiger partial charge in [-0.2, -0.15) is 20.2 Å². The number of aromatic hydroxyl groups is 1. The van der Waals surface area contributed by atoms with E-state index in [4.69, 9.17) is 11.5 Å². The van der Waals surface area contributed by atoms with Crippen molar-refractivity contribution >= 4 is 116 Å². The Hall–Kier alpha value is -10.1. The SMILES string of the molecule is CCNCC.CSCC[C@H](NC(=O)[C@H](Cc1c[nH]c2ccccc12)NC(=O)CNC(=O)[C@@H](NC(=O)[C@@H](N)Cc1ccc(O)cc1)[C@@H](C)O)C(=O)N[C@@H](CC(=O)OS(=O)(=O)O)C(=O)N[C@@H](Cc1ccccc1)C(=O)NC(=O)[C@H](CC(=O)O)NC(=O)[C@H](CCC(N)=O)NC(=O)[C@@H]1CCC(=O)N1. The van der Waals surface area contributed by atoms with E-state index in [0.717, 1.165) is 13.1 Å². The molecule has 0 aliphatic carbocycles. The van der Waals surface area contributed by atoms with E-state index in [2.05, 4.69) is 76.2 Å². The number of aromatic amines is 1. The van der Waals surface area contributed by atoms with Crippen LogP contribution >= 0.6 is 11.8 Å². The van der Waals surface area contributed by atoms with Gasteiger partial charge in [-0.25, -0.2) is 0 Å². The number of para-hydroxylation sites is 1. The first-order valence-corrected chi connectivity index (χ1v) is 33.8. The predicted octanol–water partition coefficient (Wildman–Crippen LogP) is -4.11. The Bertz CT molecular complexity index is 3620. The lowest BCUT2D eigenvalue weighted by Crippen LogP contribution is -2.60. The lowest BCUT2D eigenvalue weighted by molar-refractivity contribution is -0.143. The summed E-state index contributed by atoms with van der Waals surface area (Å²) in [6, 6.07) is 4.88. The average Bonchev–Trinajstić information content (AvgIpc) is 1.82. The van der Waals surface area contributed by atoms with Gasteiger partial charge in [-0.3, -0.25) is 77.0 Å². The number of imide groups is 1. The summed E-state index contributed by atoms with van der Waals surface area (Å²) in [6.45, 7) is 6.72. The van der Waals surface area contributed by atoms with E-state index < -0.39 is 192 Å². The van der Waals surface area contributed by atoms with Crippen molar-refractivity contribution in [3.63, 3.8) is 0 Å². The molecule has 1 aromatic heterocycles. The van der Waals surface area contributed by atoms with Crippen LogP contribution < -0.4 is 70.0 Å². The number of amides is 12. The summed E-state index contributed by atoms with van der Waals surface area (Å²) in [6.07, 6.45) is -3.09. The minimum absolute atomic E-state index is 0.0259. The van der Waals surface area contributed by atoms with E-state index in [-0.39, 0.29) is 49.2 Å². The molecule has 1 saturated heterocycles. The Labute approximate surface area is 572 Å². The Balaban J connectivity index is 0.00000401. The van der Waals surface area contributed by atoms with Gasteiger partial charge in [-0.1, -0.05) is 74.5 Å². The molecule has 0 spiro atoms. The zero-order chi connectivity index (χ0) is 73.5. The van der Waals surface area contributed by atoms with Crippen molar-refractivity contribution in [3.05, 3.63) is 102 Å². The van der Waals surface area contributed by atoms with Crippen LogP contribution in [-0.2, 0) is 101 Å². The summed E-state index contributed by atoms with van der Waals surface area (Å²) < 4.78 is 36.8. The minimum atomic E-state index is -5.58. The van der Waals surface area contributed by atoms with Crippen LogP contribution in [-0.4, -0.2) is 208 Å². The molecule has 540 valence electrons. The number of phenolic OH excluding ortho intramolecular Hbond substituents is 1. The van der Waals surface area contributed by atoms with Crippen molar-refractivity contribution in [1.29, 1.82) is 0 Å². The van der Waals surface area contributed by atoms with Crippen LogP contribution in [0.1, 0.15) is 82.4 Å². The molecule has 3 aromatic carbocycles. The predicted molar refractivity (Wildman–Crippen MR) is 355 cm³/mol. The van der Waals surface area contributed by atoms with Gasteiger partial charge in [-0.15, -0.1) is 0 Å². The Morgan fingerprint density at radius 1 is 0.667 bits per heavy atom. The van der Waals surface area contributed by atoms with E-state index in [9.17, 15) is 95.4 Å². The van der Waals surface area contributed by atoms with Crippen molar-refractivity contribution in [2.75, 3.05) is 31.6 Å². The molecule has 35 nitrogen and oxygen atoms in total. The van der Waals surface area contributed by atoms with Crippen LogP contribution in [0.2, 0.25) is 0 Å². The molecule has 0 bridgehead atoms. The Morgan fingerprint density at radius 2 is 1.22 bits per heavy atom. The molecule has 0 saturated carbocycles. The van der Waals surface area contributed by atoms with E-state index in [1.807, 2.05) is 5.32 Å². The summed E-state index contributed by atoms with van der Waals surface area (Å²) in [5.74, 6) is -16.6. The molecule has 0 unspecified atom stereocenters. The first kappa shape index (κ1) is 81.3. The highest BCUT2D eigenvalue weighted by Crippen LogP contribution is 2.20. The number of hydrogen-bond acceptors (Lipinski definition) is 22. The second-order valence-electron chi connectivity index (χ2n) is 22.5. The van der Waals surface area contributed by atoms with E-state index in [1.54, 1.807) is 36.6 Å². The number of fused-ring (bicyclic) bond motifs is 1. The number of carbonyl (C=O) groups is 14. The minimum Gasteiger partial charge on any atom is -0.508 e. The van der Waals surface area contributed by atoms with E-state index >= 15 is 0 Å². The smallest absolute Gasteiger partial charge is 0.448 e. The third-order valence-corrected chi connectivity index (χ3v) is 15.7. The van der Waals surface area contributed by atoms with Gasteiger partial charge in [0, 0.05) is 42.8 Å². The fourth-order valence-corrected chi connectivity index (χ4v) is 10.4.